The third-order valence-electron chi connectivity index (χ3n) is 5.73. The van der Waals surface area contributed by atoms with Gasteiger partial charge in [0.2, 0.25) is 5.91 Å². The van der Waals surface area contributed by atoms with Gasteiger partial charge in [-0.2, -0.15) is 5.10 Å². The van der Waals surface area contributed by atoms with Gasteiger partial charge in [-0.25, -0.2) is 0 Å². The van der Waals surface area contributed by atoms with E-state index in [9.17, 15) is 4.79 Å². The normalized spacial score (nSPS) is 19.5. The van der Waals surface area contributed by atoms with Crippen LogP contribution in [0.3, 0.4) is 0 Å². The molecule has 1 aliphatic heterocycles. The first kappa shape index (κ1) is 21.5. The van der Waals surface area contributed by atoms with Crippen LogP contribution in [0.4, 0.5) is 0 Å². The van der Waals surface area contributed by atoms with E-state index < -0.39 is 0 Å². The van der Waals surface area contributed by atoms with E-state index >= 15 is 0 Å². The molecule has 1 aromatic heterocycles. The number of carbonyl (C=O) groups is 1. The summed E-state index contributed by atoms with van der Waals surface area (Å²) in [6.07, 6.45) is 5.62. The second kappa shape index (κ2) is 10.0. The highest BCUT2D eigenvalue weighted by Gasteiger charge is 2.40. The van der Waals surface area contributed by atoms with E-state index in [-0.39, 0.29) is 17.9 Å². The Morgan fingerprint density at radius 1 is 1.24 bits per heavy atom. The summed E-state index contributed by atoms with van der Waals surface area (Å²) >= 11 is 0. The van der Waals surface area contributed by atoms with Crippen LogP contribution in [0.15, 0.2) is 36.7 Å². The number of aromatic nitrogens is 2. The monoisotopic (exact) mass is 398 g/mol. The molecule has 6 nitrogen and oxygen atoms in total. The Morgan fingerprint density at radius 3 is 2.59 bits per heavy atom. The van der Waals surface area contributed by atoms with Crippen molar-refractivity contribution in [2.75, 3.05) is 26.8 Å². The van der Waals surface area contributed by atoms with Gasteiger partial charge in [0.1, 0.15) is 0 Å². The van der Waals surface area contributed by atoms with Gasteiger partial charge in [-0.05, 0) is 31.4 Å². The Labute approximate surface area is 174 Å². The van der Waals surface area contributed by atoms with Crippen LogP contribution in [0.25, 0.3) is 0 Å². The molecule has 2 atom stereocenters. The largest absolute Gasteiger partial charge is 0.383 e. The van der Waals surface area contributed by atoms with Gasteiger partial charge < -0.3 is 15.0 Å². The predicted octanol–water partition coefficient (Wildman–Crippen LogP) is 3.35. The summed E-state index contributed by atoms with van der Waals surface area (Å²) in [5.74, 6) is 0.419. The molecular weight excluding hydrogens is 364 g/mol. The zero-order chi connectivity index (χ0) is 20.8. The molecule has 0 aliphatic carbocycles. The first-order chi connectivity index (χ1) is 14.0. The zero-order valence-corrected chi connectivity index (χ0v) is 18.1. The molecule has 2 heterocycles. The summed E-state index contributed by atoms with van der Waals surface area (Å²) in [7, 11) is 1.68. The third-order valence-corrected chi connectivity index (χ3v) is 5.73. The number of benzene rings is 1. The van der Waals surface area contributed by atoms with E-state index in [0.717, 1.165) is 25.1 Å². The van der Waals surface area contributed by atoms with Crippen molar-refractivity contribution < 1.29 is 9.53 Å². The minimum Gasteiger partial charge on any atom is -0.383 e. The molecule has 0 radical (unpaired) electrons. The Kier molecular flexibility index (Phi) is 7.45. The average molecular weight is 399 g/mol. The maximum Gasteiger partial charge on any atom is 0.223 e. The molecule has 0 bridgehead atoms. The van der Waals surface area contributed by atoms with Gasteiger partial charge in [-0.1, -0.05) is 31.2 Å². The average Bonchev–Trinajstić information content (AvgIpc) is 3.31. The molecule has 1 N–H and O–H groups in total. The highest BCUT2D eigenvalue weighted by atomic mass is 16.5. The van der Waals surface area contributed by atoms with Crippen molar-refractivity contribution in [3.8, 4) is 0 Å². The van der Waals surface area contributed by atoms with Crippen molar-refractivity contribution in [3.05, 3.63) is 53.3 Å². The lowest BCUT2D eigenvalue weighted by molar-refractivity contribution is -0.129. The van der Waals surface area contributed by atoms with Gasteiger partial charge in [0, 0.05) is 56.9 Å². The molecule has 1 fully saturated rings. The smallest absolute Gasteiger partial charge is 0.223 e. The summed E-state index contributed by atoms with van der Waals surface area (Å²) in [5, 5.41) is 8.08. The molecule has 0 unspecified atom stereocenters. The maximum absolute atomic E-state index is 12.7. The first-order valence-electron chi connectivity index (χ1n) is 10.6. The van der Waals surface area contributed by atoms with Crippen LogP contribution in [-0.2, 0) is 22.5 Å². The molecule has 158 valence electrons. The quantitative estimate of drug-likeness (QED) is 0.667. The minimum atomic E-state index is 0.0418. The molecule has 0 saturated carbocycles. The molecule has 0 spiro atoms. The van der Waals surface area contributed by atoms with E-state index in [2.05, 4.69) is 61.6 Å². The third kappa shape index (κ3) is 5.25. The minimum absolute atomic E-state index is 0.0418. The lowest BCUT2D eigenvalue weighted by Crippen LogP contribution is -2.33. The van der Waals surface area contributed by atoms with E-state index in [1.54, 1.807) is 7.11 Å². The molecule has 6 heteroatoms. The summed E-state index contributed by atoms with van der Waals surface area (Å²) in [6.45, 7) is 9.16. The van der Waals surface area contributed by atoms with Gasteiger partial charge in [-0.15, -0.1) is 0 Å². The zero-order valence-electron chi connectivity index (χ0n) is 18.1. The summed E-state index contributed by atoms with van der Waals surface area (Å²) in [4.78, 5) is 14.7. The van der Waals surface area contributed by atoms with Crippen LogP contribution < -0.4 is 5.32 Å². The van der Waals surface area contributed by atoms with Crippen LogP contribution in [0.1, 0.15) is 56.0 Å². The van der Waals surface area contributed by atoms with E-state index in [4.69, 9.17) is 4.74 Å². The van der Waals surface area contributed by atoms with Gasteiger partial charge in [-0.3, -0.25) is 9.48 Å². The van der Waals surface area contributed by atoms with Gasteiger partial charge in [0.15, 0.2) is 0 Å². The SMILES string of the molecule is CCc1ccc(CNC[C@@H]2CC(=O)N(CCOC)[C@H]2c2cnn(C(C)C)c2)cc1. The number of aryl methyl sites for hydroxylation is 1. The number of likely N-dealkylation sites (tertiary alicyclic amines) is 1. The van der Waals surface area contributed by atoms with Crippen molar-refractivity contribution in [1.82, 2.24) is 20.0 Å². The van der Waals surface area contributed by atoms with Crippen molar-refractivity contribution in [2.45, 2.75) is 52.2 Å². The van der Waals surface area contributed by atoms with Crippen LogP contribution in [0.5, 0.6) is 0 Å². The standard InChI is InChI=1S/C23H34N4O2/c1-5-18-6-8-19(9-7-18)13-24-14-20-12-22(28)26(10-11-29-4)23(20)21-15-25-27(16-21)17(2)3/h6-9,15-17,20,23-24H,5,10-14H2,1-4H3/t20-,23+/m0/s1. The summed E-state index contributed by atoms with van der Waals surface area (Å²) in [5.41, 5.74) is 3.73. The second-order valence-electron chi connectivity index (χ2n) is 8.14. The molecule has 1 saturated heterocycles. The van der Waals surface area contributed by atoms with Crippen molar-refractivity contribution in [2.24, 2.45) is 5.92 Å². The second-order valence-corrected chi connectivity index (χ2v) is 8.14. The highest BCUT2D eigenvalue weighted by Crippen LogP contribution is 2.37. The van der Waals surface area contributed by atoms with Crippen molar-refractivity contribution in [1.29, 1.82) is 0 Å². The Balaban J connectivity index is 1.69. The van der Waals surface area contributed by atoms with Crippen LogP contribution in [0, 0.1) is 5.92 Å². The van der Waals surface area contributed by atoms with E-state index in [1.165, 1.54) is 11.1 Å². The lowest BCUT2D eigenvalue weighted by atomic mass is 9.95. The fraction of sp³-hybridized carbons (Fsp3) is 0.565. The molecule has 1 aliphatic rings. The van der Waals surface area contributed by atoms with Crippen LogP contribution in [-0.4, -0.2) is 47.4 Å². The van der Waals surface area contributed by atoms with Gasteiger partial charge >= 0.3 is 0 Å². The predicted molar refractivity (Wildman–Crippen MR) is 115 cm³/mol. The van der Waals surface area contributed by atoms with Crippen molar-refractivity contribution in [3.63, 3.8) is 0 Å². The molecule has 1 aromatic carbocycles. The van der Waals surface area contributed by atoms with Crippen LogP contribution in [0.2, 0.25) is 0 Å². The summed E-state index contributed by atoms with van der Waals surface area (Å²) in [6, 6.07) is 9.08. The van der Waals surface area contributed by atoms with Crippen LogP contribution >= 0.6 is 0 Å². The molecule has 1 amide bonds. The Bertz CT molecular complexity index is 784. The molecule has 29 heavy (non-hydrogen) atoms. The van der Waals surface area contributed by atoms with Gasteiger partial charge in [0.05, 0.1) is 18.8 Å². The highest BCUT2D eigenvalue weighted by molar-refractivity contribution is 5.79. The number of hydrogen-bond donors (Lipinski definition) is 1. The topological polar surface area (TPSA) is 59.4 Å². The molecule has 2 aromatic rings. The number of methoxy groups -OCH3 is 1. The number of amides is 1. The van der Waals surface area contributed by atoms with Gasteiger partial charge in [0.25, 0.3) is 0 Å². The lowest BCUT2D eigenvalue weighted by Gasteiger charge is -2.27. The number of ether oxygens (including phenoxy) is 1. The summed E-state index contributed by atoms with van der Waals surface area (Å²) < 4.78 is 7.21. The first-order valence-corrected chi connectivity index (χ1v) is 10.6. The molecule has 3 rings (SSSR count). The van der Waals surface area contributed by atoms with E-state index in [0.29, 0.717) is 25.6 Å². The number of hydrogen-bond acceptors (Lipinski definition) is 4. The number of nitrogens with zero attached hydrogens (tertiary/aromatic N) is 3. The Hall–Kier alpha value is -2.18. The number of carbonyl (C=O) groups excluding carboxylic acids is 1. The maximum atomic E-state index is 12.7. The Morgan fingerprint density at radius 2 is 1.97 bits per heavy atom. The number of rotatable bonds is 10. The number of nitrogens with one attached hydrogen (secondary N) is 1. The molecular formula is C23H34N4O2. The van der Waals surface area contributed by atoms with Crippen molar-refractivity contribution >= 4 is 5.91 Å². The van der Waals surface area contributed by atoms with E-state index in [1.807, 2.05) is 15.8 Å². The fourth-order valence-electron chi connectivity index (χ4n) is 4.03. The fourth-order valence-corrected chi connectivity index (χ4v) is 4.03.